The summed E-state index contributed by atoms with van der Waals surface area (Å²) >= 11 is 3.38. The van der Waals surface area contributed by atoms with Crippen molar-refractivity contribution in [1.82, 2.24) is 4.98 Å². The lowest BCUT2D eigenvalue weighted by molar-refractivity contribution is 0.102. The topological polar surface area (TPSA) is 70.9 Å². The second-order valence-corrected chi connectivity index (χ2v) is 4.73. The fourth-order valence-corrected chi connectivity index (χ4v) is 2.16. The Morgan fingerprint density at radius 1 is 1.35 bits per heavy atom. The van der Waals surface area contributed by atoms with E-state index in [2.05, 4.69) is 26.2 Å². The molecule has 0 aliphatic carbocycles. The van der Waals surface area contributed by atoms with Crippen molar-refractivity contribution in [2.24, 2.45) is 0 Å². The second kappa shape index (κ2) is 4.63. The molecular weight excluding hydrogens is 282 g/mol. The number of benzene rings is 1. The summed E-state index contributed by atoms with van der Waals surface area (Å²) in [6.45, 7) is 1.97. The van der Waals surface area contributed by atoms with Crippen LogP contribution in [-0.4, -0.2) is 10.9 Å². The van der Waals surface area contributed by atoms with Crippen LogP contribution in [0.15, 0.2) is 34.9 Å². The van der Waals surface area contributed by atoms with Crippen molar-refractivity contribution in [1.29, 1.82) is 0 Å². The number of carbonyl (C=O) groups excluding carboxylic acids is 1. The maximum atomic E-state index is 11.8. The standard InChI is InChI=1S/C12H12BrN3O/c1-7-2-8(13)4-10(3-7)16-12(17)11-5-9(14)6-15-11/h2-6,15H,14H2,1H3,(H,16,17). The van der Waals surface area contributed by atoms with Crippen LogP contribution in [0.4, 0.5) is 11.4 Å². The van der Waals surface area contributed by atoms with Crippen LogP contribution in [0.1, 0.15) is 16.1 Å². The van der Waals surface area contributed by atoms with Crippen molar-refractivity contribution in [2.45, 2.75) is 6.92 Å². The number of hydrogen-bond acceptors (Lipinski definition) is 2. The molecule has 1 aromatic carbocycles. The van der Waals surface area contributed by atoms with Gasteiger partial charge >= 0.3 is 0 Å². The van der Waals surface area contributed by atoms with Gasteiger partial charge in [-0.05, 0) is 36.8 Å². The molecule has 0 aliphatic heterocycles. The summed E-state index contributed by atoms with van der Waals surface area (Å²) in [6, 6.07) is 7.31. The first-order valence-electron chi connectivity index (χ1n) is 5.07. The largest absolute Gasteiger partial charge is 0.397 e. The molecule has 1 heterocycles. The molecule has 0 bridgehead atoms. The average Bonchev–Trinajstić information content (AvgIpc) is 2.63. The first-order valence-corrected chi connectivity index (χ1v) is 5.86. The summed E-state index contributed by atoms with van der Waals surface area (Å²) in [4.78, 5) is 14.6. The van der Waals surface area contributed by atoms with E-state index in [0.717, 1.165) is 15.7 Å². The minimum atomic E-state index is -0.209. The molecule has 4 N–H and O–H groups in total. The highest BCUT2D eigenvalue weighted by atomic mass is 79.9. The number of rotatable bonds is 2. The molecule has 88 valence electrons. The number of anilines is 2. The molecule has 1 amide bonds. The van der Waals surface area contributed by atoms with E-state index >= 15 is 0 Å². The number of aryl methyl sites for hydroxylation is 1. The van der Waals surface area contributed by atoms with Gasteiger partial charge in [-0.1, -0.05) is 15.9 Å². The predicted molar refractivity (Wildman–Crippen MR) is 72.0 cm³/mol. The maximum Gasteiger partial charge on any atom is 0.272 e. The van der Waals surface area contributed by atoms with Crippen LogP contribution in [0.2, 0.25) is 0 Å². The Morgan fingerprint density at radius 3 is 2.71 bits per heavy atom. The molecule has 0 fully saturated rings. The number of nitrogens with one attached hydrogen (secondary N) is 2. The molecule has 0 unspecified atom stereocenters. The normalized spacial score (nSPS) is 10.2. The van der Waals surface area contributed by atoms with E-state index in [1.807, 2.05) is 25.1 Å². The summed E-state index contributed by atoms with van der Waals surface area (Å²) < 4.78 is 0.929. The smallest absolute Gasteiger partial charge is 0.272 e. The maximum absolute atomic E-state index is 11.8. The number of nitrogens with two attached hydrogens (primary N) is 1. The highest BCUT2D eigenvalue weighted by molar-refractivity contribution is 9.10. The number of amides is 1. The zero-order chi connectivity index (χ0) is 12.4. The Hall–Kier alpha value is -1.75. The van der Waals surface area contributed by atoms with Gasteiger partial charge in [-0.15, -0.1) is 0 Å². The molecular formula is C12H12BrN3O. The van der Waals surface area contributed by atoms with E-state index in [1.54, 1.807) is 12.3 Å². The van der Waals surface area contributed by atoms with Crippen LogP contribution in [-0.2, 0) is 0 Å². The number of H-pyrrole nitrogens is 1. The lowest BCUT2D eigenvalue weighted by Crippen LogP contribution is -2.12. The fourth-order valence-electron chi connectivity index (χ4n) is 1.55. The molecule has 5 heteroatoms. The minimum absolute atomic E-state index is 0.209. The SMILES string of the molecule is Cc1cc(Br)cc(NC(=O)c2cc(N)c[nH]2)c1. The van der Waals surface area contributed by atoms with E-state index in [1.165, 1.54) is 0 Å². The molecule has 0 radical (unpaired) electrons. The van der Waals surface area contributed by atoms with Crippen molar-refractivity contribution >= 4 is 33.2 Å². The molecule has 0 spiro atoms. The lowest BCUT2D eigenvalue weighted by atomic mass is 10.2. The number of aromatic nitrogens is 1. The summed E-state index contributed by atoms with van der Waals surface area (Å²) in [7, 11) is 0. The van der Waals surface area contributed by atoms with Gasteiger partial charge in [0.25, 0.3) is 5.91 Å². The monoisotopic (exact) mass is 293 g/mol. The van der Waals surface area contributed by atoms with E-state index in [4.69, 9.17) is 5.73 Å². The first kappa shape index (κ1) is 11.7. The van der Waals surface area contributed by atoms with Gasteiger partial charge in [-0.25, -0.2) is 0 Å². The van der Waals surface area contributed by atoms with Crippen molar-refractivity contribution in [2.75, 3.05) is 11.1 Å². The average molecular weight is 294 g/mol. The number of carbonyl (C=O) groups is 1. The van der Waals surface area contributed by atoms with Gasteiger partial charge in [-0.3, -0.25) is 4.79 Å². The highest BCUT2D eigenvalue weighted by Gasteiger charge is 2.08. The van der Waals surface area contributed by atoms with Gasteiger partial charge < -0.3 is 16.0 Å². The fraction of sp³-hybridized carbons (Fsp3) is 0.0833. The molecule has 0 aliphatic rings. The quantitative estimate of drug-likeness (QED) is 0.797. The lowest BCUT2D eigenvalue weighted by Gasteiger charge is -2.05. The van der Waals surface area contributed by atoms with Crippen molar-refractivity contribution in [3.05, 3.63) is 46.2 Å². The van der Waals surface area contributed by atoms with E-state index in [-0.39, 0.29) is 5.91 Å². The molecule has 2 rings (SSSR count). The van der Waals surface area contributed by atoms with Gasteiger partial charge in [-0.2, -0.15) is 0 Å². The van der Waals surface area contributed by atoms with Crippen LogP contribution in [0.5, 0.6) is 0 Å². The third kappa shape index (κ3) is 2.88. The van der Waals surface area contributed by atoms with Crippen molar-refractivity contribution < 1.29 is 4.79 Å². The van der Waals surface area contributed by atoms with Crippen molar-refractivity contribution in [3.63, 3.8) is 0 Å². The second-order valence-electron chi connectivity index (χ2n) is 3.82. The number of aromatic amines is 1. The summed E-state index contributed by atoms with van der Waals surface area (Å²) in [5.74, 6) is -0.209. The van der Waals surface area contributed by atoms with E-state index in [0.29, 0.717) is 11.4 Å². The van der Waals surface area contributed by atoms with Crippen LogP contribution in [0, 0.1) is 6.92 Å². The molecule has 2 aromatic rings. The number of nitrogen functional groups attached to an aromatic ring is 1. The van der Waals surface area contributed by atoms with Gasteiger partial charge in [0.2, 0.25) is 0 Å². The third-order valence-electron chi connectivity index (χ3n) is 2.25. The van der Waals surface area contributed by atoms with Crippen molar-refractivity contribution in [3.8, 4) is 0 Å². The molecule has 4 nitrogen and oxygen atoms in total. The van der Waals surface area contributed by atoms with Crippen LogP contribution in [0.3, 0.4) is 0 Å². The predicted octanol–water partition coefficient (Wildman–Crippen LogP) is 2.92. The molecule has 0 saturated carbocycles. The number of halogens is 1. The molecule has 1 aromatic heterocycles. The first-order chi connectivity index (χ1) is 8.04. The molecule has 0 atom stereocenters. The van der Waals surface area contributed by atoms with Crippen LogP contribution >= 0.6 is 15.9 Å². The summed E-state index contributed by atoms with van der Waals surface area (Å²) in [6.07, 6.45) is 1.58. The zero-order valence-electron chi connectivity index (χ0n) is 9.25. The van der Waals surface area contributed by atoms with Gasteiger partial charge in [0.1, 0.15) is 5.69 Å². The number of hydrogen-bond donors (Lipinski definition) is 3. The van der Waals surface area contributed by atoms with Gasteiger partial charge in [0.05, 0.1) is 0 Å². The van der Waals surface area contributed by atoms with Crippen LogP contribution < -0.4 is 11.1 Å². The summed E-state index contributed by atoms with van der Waals surface area (Å²) in [5.41, 5.74) is 8.34. The Bertz CT molecular complexity index is 542. The van der Waals surface area contributed by atoms with E-state index < -0.39 is 0 Å². The Labute approximate surface area is 107 Å². The van der Waals surface area contributed by atoms with Crippen LogP contribution in [0.25, 0.3) is 0 Å². The molecule has 17 heavy (non-hydrogen) atoms. The van der Waals surface area contributed by atoms with Gasteiger partial charge in [0.15, 0.2) is 0 Å². The summed E-state index contributed by atoms with van der Waals surface area (Å²) in [5, 5.41) is 2.80. The van der Waals surface area contributed by atoms with E-state index in [9.17, 15) is 4.79 Å². The van der Waals surface area contributed by atoms with Gasteiger partial charge in [0, 0.05) is 22.0 Å². The zero-order valence-corrected chi connectivity index (χ0v) is 10.8. The molecule has 0 saturated heterocycles. The Balaban J connectivity index is 2.18. The highest BCUT2D eigenvalue weighted by Crippen LogP contribution is 2.19. The Morgan fingerprint density at radius 2 is 2.12 bits per heavy atom. The third-order valence-corrected chi connectivity index (χ3v) is 2.71. The Kier molecular flexibility index (Phi) is 3.19. The minimum Gasteiger partial charge on any atom is -0.397 e.